The molecule has 0 spiro atoms. The molecule has 1 N–H and O–H groups in total. The summed E-state index contributed by atoms with van der Waals surface area (Å²) in [5, 5.41) is 5.46. The number of rotatable bonds is 3. The maximum atomic E-state index is 12.0. The molecule has 2 aromatic heterocycles. The van der Waals surface area contributed by atoms with E-state index in [9.17, 15) is 9.59 Å². The average Bonchev–Trinajstić information content (AvgIpc) is 3.04. The van der Waals surface area contributed by atoms with Crippen molar-refractivity contribution in [2.24, 2.45) is 0 Å². The minimum Gasteiger partial charge on any atom is -0.451 e. The number of aromatic nitrogens is 1. The Hall–Kier alpha value is -2.47. The van der Waals surface area contributed by atoms with Crippen molar-refractivity contribution in [1.82, 2.24) is 4.98 Å². The van der Waals surface area contributed by atoms with Gasteiger partial charge >= 0.3 is 0 Å². The fraction of sp³-hybridized carbons (Fsp3) is 0.0714. The highest BCUT2D eigenvalue weighted by Gasteiger charge is 2.14. The molecule has 0 aliphatic heterocycles. The number of Topliss-reactive ketones (excluding diaryl/α,β-unsaturated/α-hetero) is 1. The second-order valence-electron chi connectivity index (χ2n) is 4.20. The third-order valence-electron chi connectivity index (χ3n) is 2.73. The zero-order valence-electron chi connectivity index (χ0n) is 10.5. The molecule has 2 heterocycles. The predicted octanol–water partition coefficient (Wildman–Crippen LogP) is 3.34. The van der Waals surface area contributed by atoms with Gasteiger partial charge in [0.1, 0.15) is 11.3 Å². The molecule has 0 aliphatic carbocycles. The fourth-order valence-electron chi connectivity index (χ4n) is 1.75. The maximum Gasteiger partial charge on any atom is 0.293 e. The molecule has 1 amide bonds. The van der Waals surface area contributed by atoms with E-state index in [4.69, 9.17) is 4.42 Å². The van der Waals surface area contributed by atoms with Crippen LogP contribution in [-0.2, 0) is 0 Å². The van der Waals surface area contributed by atoms with Gasteiger partial charge in [0, 0.05) is 17.7 Å². The molecule has 0 atom stereocenters. The third kappa shape index (κ3) is 2.33. The number of thiazole rings is 1. The molecule has 5 nitrogen and oxygen atoms in total. The number of benzene rings is 1. The molecule has 0 saturated carbocycles. The number of anilines is 1. The highest BCUT2D eigenvalue weighted by Crippen LogP contribution is 2.21. The van der Waals surface area contributed by atoms with Gasteiger partial charge in [-0.25, -0.2) is 4.98 Å². The van der Waals surface area contributed by atoms with Crippen molar-refractivity contribution in [1.29, 1.82) is 0 Å². The van der Waals surface area contributed by atoms with Crippen LogP contribution in [0.2, 0.25) is 0 Å². The highest BCUT2D eigenvalue weighted by atomic mass is 32.1. The lowest BCUT2D eigenvalue weighted by molar-refractivity contribution is 0.0992. The fourth-order valence-corrected chi connectivity index (χ4v) is 2.49. The second-order valence-corrected chi connectivity index (χ2v) is 5.05. The van der Waals surface area contributed by atoms with Gasteiger partial charge in [-0.2, -0.15) is 0 Å². The molecule has 3 rings (SSSR count). The number of nitrogens with zero attached hydrogens (tertiary/aromatic N) is 1. The van der Waals surface area contributed by atoms with E-state index in [2.05, 4.69) is 10.3 Å². The van der Waals surface area contributed by atoms with E-state index in [-0.39, 0.29) is 17.5 Å². The van der Waals surface area contributed by atoms with Crippen LogP contribution in [0, 0.1) is 0 Å². The second kappa shape index (κ2) is 4.90. The van der Waals surface area contributed by atoms with Gasteiger partial charge in [0.25, 0.3) is 5.91 Å². The van der Waals surface area contributed by atoms with E-state index in [1.54, 1.807) is 17.5 Å². The summed E-state index contributed by atoms with van der Waals surface area (Å²) in [7, 11) is 0. The number of carbonyl (C=O) groups excluding carboxylic acids is 2. The summed E-state index contributed by atoms with van der Waals surface area (Å²) in [5.74, 6) is -0.304. The Balaban J connectivity index is 1.83. The Morgan fingerprint density at radius 1 is 1.30 bits per heavy atom. The van der Waals surface area contributed by atoms with Crippen molar-refractivity contribution in [3.63, 3.8) is 0 Å². The Labute approximate surface area is 118 Å². The Morgan fingerprint density at radius 3 is 2.80 bits per heavy atom. The van der Waals surface area contributed by atoms with E-state index < -0.39 is 0 Å². The van der Waals surface area contributed by atoms with Crippen molar-refractivity contribution in [3.8, 4) is 0 Å². The van der Waals surface area contributed by atoms with Gasteiger partial charge in [0.05, 0.1) is 0 Å². The monoisotopic (exact) mass is 286 g/mol. The van der Waals surface area contributed by atoms with Crippen LogP contribution in [0.1, 0.15) is 28.0 Å². The zero-order valence-corrected chi connectivity index (χ0v) is 11.4. The third-order valence-corrected chi connectivity index (χ3v) is 3.49. The van der Waals surface area contributed by atoms with Crippen LogP contribution < -0.4 is 5.32 Å². The maximum absolute atomic E-state index is 12.0. The van der Waals surface area contributed by atoms with Gasteiger partial charge in [-0.1, -0.05) is 18.2 Å². The number of amides is 1. The van der Waals surface area contributed by atoms with Crippen LogP contribution in [0.3, 0.4) is 0 Å². The lowest BCUT2D eigenvalue weighted by atomic mass is 10.2. The van der Waals surface area contributed by atoms with Crippen LogP contribution in [0.4, 0.5) is 5.13 Å². The smallest absolute Gasteiger partial charge is 0.293 e. The first kappa shape index (κ1) is 12.6. The van der Waals surface area contributed by atoms with Crippen LogP contribution in [0.25, 0.3) is 11.0 Å². The first-order valence-electron chi connectivity index (χ1n) is 5.90. The largest absolute Gasteiger partial charge is 0.451 e. The van der Waals surface area contributed by atoms with Crippen molar-refractivity contribution < 1.29 is 14.0 Å². The highest BCUT2D eigenvalue weighted by molar-refractivity contribution is 7.14. The normalized spacial score (nSPS) is 10.7. The minimum absolute atomic E-state index is 0.134. The van der Waals surface area contributed by atoms with Gasteiger partial charge in [-0.15, -0.1) is 11.3 Å². The van der Waals surface area contributed by atoms with E-state index >= 15 is 0 Å². The number of carbonyl (C=O) groups is 2. The van der Waals surface area contributed by atoms with Gasteiger partial charge in [-0.05, 0) is 12.1 Å². The van der Waals surface area contributed by atoms with Crippen molar-refractivity contribution in [2.75, 3.05) is 5.32 Å². The van der Waals surface area contributed by atoms with Crippen LogP contribution >= 0.6 is 11.3 Å². The van der Waals surface area contributed by atoms with Gasteiger partial charge < -0.3 is 4.42 Å². The number of ketones is 1. The van der Waals surface area contributed by atoms with Crippen LogP contribution in [0.15, 0.2) is 40.1 Å². The van der Waals surface area contributed by atoms with Crippen molar-refractivity contribution in [2.45, 2.75) is 6.92 Å². The molecule has 0 fully saturated rings. The molecule has 100 valence electrons. The lowest BCUT2D eigenvalue weighted by Crippen LogP contribution is -2.10. The molecule has 0 aliphatic rings. The lowest BCUT2D eigenvalue weighted by Gasteiger charge is -1.96. The number of hydrogen-bond donors (Lipinski definition) is 1. The number of fused-ring (bicyclic) bond motifs is 1. The van der Waals surface area contributed by atoms with Crippen LogP contribution in [-0.4, -0.2) is 16.7 Å². The Kier molecular flexibility index (Phi) is 3.08. The van der Waals surface area contributed by atoms with Gasteiger partial charge in [0.15, 0.2) is 16.7 Å². The summed E-state index contributed by atoms with van der Waals surface area (Å²) in [4.78, 5) is 27.2. The molecule has 0 saturated heterocycles. The molecule has 6 heteroatoms. The van der Waals surface area contributed by atoms with Gasteiger partial charge in [-0.3, -0.25) is 14.9 Å². The SMILES string of the molecule is CC(=O)c1csc(NC(=O)c2cc3ccccc3o2)n1. The molecular weight excluding hydrogens is 276 g/mol. The molecular formula is C14H10N2O3S. The quantitative estimate of drug-likeness (QED) is 0.749. The van der Waals surface area contributed by atoms with Crippen molar-refractivity contribution >= 4 is 39.1 Å². The standard InChI is InChI=1S/C14H10N2O3S/c1-8(17)10-7-20-14(15-10)16-13(18)12-6-9-4-2-3-5-11(9)19-12/h2-7H,1H3,(H,15,16,18). The molecule has 1 aromatic carbocycles. The molecule has 20 heavy (non-hydrogen) atoms. The summed E-state index contributed by atoms with van der Waals surface area (Å²) in [6.45, 7) is 1.43. The first-order chi connectivity index (χ1) is 9.63. The summed E-state index contributed by atoms with van der Waals surface area (Å²) < 4.78 is 5.45. The summed E-state index contributed by atoms with van der Waals surface area (Å²) in [5.41, 5.74) is 0.996. The average molecular weight is 286 g/mol. The zero-order chi connectivity index (χ0) is 14.1. The summed E-state index contributed by atoms with van der Waals surface area (Å²) in [6.07, 6.45) is 0. The predicted molar refractivity (Wildman–Crippen MR) is 76.3 cm³/mol. The Bertz CT molecular complexity index is 770. The van der Waals surface area contributed by atoms with E-state index in [1.165, 1.54) is 18.3 Å². The number of nitrogens with one attached hydrogen (secondary N) is 1. The topological polar surface area (TPSA) is 72.2 Å². The number of furan rings is 1. The summed E-state index contributed by atoms with van der Waals surface area (Å²) >= 11 is 1.20. The minimum atomic E-state index is -0.384. The van der Waals surface area contributed by atoms with Gasteiger partial charge in [0.2, 0.25) is 0 Å². The molecule has 0 unspecified atom stereocenters. The Morgan fingerprint density at radius 2 is 2.10 bits per heavy atom. The molecule has 0 bridgehead atoms. The van der Waals surface area contributed by atoms with E-state index in [1.807, 2.05) is 18.2 Å². The van der Waals surface area contributed by atoms with E-state index in [0.29, 0.717) is 16.4 Å². The van der Waals surface area contributed by atoms with Crippen LogP contribution in [0.5, 0.6) is 0 Å². The molecule has 3 aromatic rings. The first-order valence-corrected chi connectivity index (χ1v) is 6.78. The van der Waals surface area contributed by atoms with E-state index in [0.717, 1.165) is 5.39 Å². The summed E-state index contributed by atoms with van der Waals surface area (Å²) in [6, 6.07) is 9.05. The van der Waals surface area contributed by atoms with Crippen molar-refractivity contribution in [3.05, 3.63) is 47.2 Å². The molecule has 0 radical (unpaired) electrons. The number of para-hydroxylation sites is 1. The number of hydrogen-bond acceptors (Lipinski definition) is 5.